The molecule has 0 spiro atoms. The van der Waals surface area contributed by atoms with Gasteiger partial charge in [0, 0.05) is 18.2 Å². The van der Waals surface area contributed by atoms with Gasteiger partial charge in [-0.3, -0.25) is 0 Å². The Kier molecular flexibility index (Phi) is 4.42. The molecule has 0 bridgehead atoms. The molecule has 5 heteroatoms. The summed E-state index contributed by atoms with van der Waals surface area (Å²) in [5.74, 6) is 2.22. The number of imidazole rings is 1. The summed E-state index contributed by atoms with van der Waals surface area (Å²) in [5.41, 5.74) is 3.97. The summed E-state index contributed by atoms with van der Waals surface area (Å²) in [5, 5.41) is 0. The molecule has 1 heterocycles. The average Bonchev–Trinajstić information content (AvgIpc) is 3.02. The smallest absolute Gasteiger partial charge is 0.161 e. The molecule has 3 aromatic rings. The molecule has 2 aromatic carbocycles. The molecule has 0 aliphatic carbocycles. The Morgan fingerprint density at radius 1 is 0.792 bits per heavy atom. The predicted molar refractivity (Wildman–Crippen MR) is 93.7 cm³/mol. The Morgan fingerprint density at radius 2 is 1.46 bits per heavy atom. The fourth-order valence-electron chi connectivity index (χ4n) is 2.71. The fraction of sp³-hybridized carbons (Fsp3) is 0.211. The molecule has 0 unspecified atom stereocenters. The molecular formula is C19H20N2O3. The van der Waals surface area contributed by atoms with Crippen molar-refractivity contribution in [2.24, 2.45) is 7.05 Å². The zero-order valence-electron chi connectivity index (χ0n) is 14.2. The molecule has 124 valence electrons. The lowest BCUT2D eigenvalue weighted by molar-refractivity contribution is 0.355. The van der Waals surface area contributed by atoms with Crippen molar-refractivity contribution in [3.05, 3.63) is 48.8 Å². The van der Waals surface area contributed by atoms with E-state index in [9.17, 15) is 0 Å². The summed E-state index contributed by atoms with van der Waals surface area (Å²) in [6, 6.07) is 13.7. The minimum Gasteiger partial charge on any atom is -0.497 e. The molecule has 0 amide bonds. The molecule has 0 saturated carbocycles. The first kappa shape index (κ1) is 15.9. The highest BCUT2D eigenvalue weighted by molar-refractivity contribution is 5.80. The van der Waals surface area contributed by atoms with Gasteiger partial charge in [-0.15, -0.1) is 0 Å². The van der Waals surface area contributed by atoms with E-state index in [0.717, 1.165) is 28.3 Å². The number of aryl methyl sites for hydroxylation is 1. The Bertz CT molecular complexity index is 838. The van der Waals surface area contributed by atoms with Gasteiger partial charge in [-0.1, -0.05) is 0 Å². The Labute approximate surface area is 141 Å². The molecular weight excluding hydrogens is 304 g/mol. The molecule has 0 saturated heterocycles. The third-order valence-corrected chi connectivity index (χ3v) is 3.96. The predicted octanol–water partition coefficient (Wildman–Crippen LogP) is 3.78. The molecule has 1 aromatic heterocycles. The van der Waals surface area contributed by atoms with Crippen molar-refractivity contribution in [2.75, 3.05) is 21.3 Å². The SMILES string of the molecule is COc1ccc(-c2ncn(C)c2-c2ccc(OC)c(OC)c2)cc1. The third kappa shape index (κ3) is 2.80. The molecule has 0 atom stereocenters. The van der Waals surface area contributed by atoms with Crippen LogP contribution in [0.3, 0.4) is 0 Å². The topological polar surface area (TPSA) is 45.5 Å². The molecule has 0 N–H and O–H groups in total. The average molecular weight is 324 g/mol. The molecule has 0 fully saturated rings. The van der Waals surface area contributed by atoms with Crippen molar-refractivity contribution >= 4 is 0 Å². The van der Waals surface area contributed by atoms with Crippen molar-refractivity contribution in [1.82, 2.24) is 9.55 Å². The van der Waals surface area contributed by atoms with E-state index in [-0.39, 0.29) is 0 Å². The van der Waals surface area contributed by atoms with E-state index < -0.39 is 0 Å². The fourth-order valence-corrected chi connectivity index (χ4v) is 2.71. The number of nitrogens with zero attached hydrogens (tertiary/aromatic N) is 2. The number of hydrogen-bond donors (Lipinski definition) is 0. The summed E-state index contributed by atoms with van der Waals surface area (Å²) in [6.07, 6.45) is 1.81. The minimum absolute atomic E-state index is 0.692. The second-order valence-corrected chi connectivity index (χ2v) is 5.35. The Balaban J connectivity index is 2.10. The maximum Gasteiger partial charge on any atom is 0.161 e. The highest BCUT2D eigenvalue weighted by Gasteiger charge is 2.15. The van der Waals surface area contributed by atoms with E-state index in [1.807, 2.05) is 60.4 Å². The van der Waals surface area contributed by atoms with Crippen LogP contribution in [0.4, 0.5) is 0 Å². The van der Waals surface area contributed by atoms with Gasteiger partial charge < -0.3 is 18.8 Å². The van der Waals surface area contributed by atoms with E-state index in [1.54, 1.807) is 21.3 Å². The standard InChI is InChI=1S/C19H20N2O3/c1-21-12-20-18(13-5-8-15(22-2)9-6-13)19(21)14-7-10-16(23-3)17(11-14)24-4/h5-12H,1-4H3. The number of benzene rings is 2. The van der Waals surface area contributed by atoms with Crippen LogP contribution in [0, 0.1) is 0 Å². The first-order chi connectivity index (χ1) is 11.7. The van der Waals surface area contributed by atoms with E-state index >= 15 is 0 Å². The summed E-state index contributed by atoms with van der Waals surface area (Å²) >= 11 is 0. The van der Waals surface area contributed by atoms with Crippen LogP contribution >= 0.6 is 0 Å². The van der Waals surface area contributed by atoms with Crippen molar-refractivity contribution < 1.29 is 14.2 Å². The number of methoxy groups -OCH3 is 3. The lowest BCUT2D eigenvalue weighted by Gasteiger charge is -2.11. The van der Waals surface area contributed by atoms with Crippen LogP contribution < -0.4 is 14.2 Å². The number of aromatic nitrogens is 2. The van der Waals surface area contributed by atoms with Gasteiger partial charge in [0.1, 0.15) is 5.75 Å². The maximum atomic E-state index is 5.42. The zero-order valence-corrected chi connectivity index (χ0v) is 14.2. The lowest BCUT2D eigenvalue weighted by Crippen LogP contribution is -1.95. The first-order valence-electron chi connectivity index (χ1n) is 7.56. The minimum atomic E-state index is 0.692. The van der Waals surface area contributed by atoms with Crippen molar-refractivity contribution in [3.63, 3.8) is 0 Å². The normalized spacial score (nSPS) is 10.5. The van der Waals surface area contributed by atoms with Gasteiger partial charge in [-0.2, -0.15) is 0 Å². The summed E-state index contributed by atoms with van der Waals surface area (Å²) in [4.78, 5) is 4.57. The van der Waals surface area contributed by atoms with Gasteiger partial charge in [-0.25, -0.2) is 4.98 Å². The Hall–Kier alpha value is -2.95. The second-order valence-electron chi connectivity index (χ2n) is 5.35. The number of hydrogen-bond acceptors (Lipinski definition) is 4. The summed E-state index contributed by atoms with van der Waals surface area (Å²) in [7, 11) is 6.90. The second kappa shape index (κ2) is 6.66. The summed E-state index contributed by atoms with van der Waals surface area (Å²) < 4.78 is 18.0. The van der Waals surface area contributed by atoms with Crippen LogP contribution in [-0.4, -0.2) is 30.9 Å². The van der Waals surface area contributed by atoms with Gasteiger partial charge in [0.15, 0.2) is 11.5 Å². The van der Waals surface area contributed by atoms with Crippen LogP contribution in [-0.2, 0) is 7.05 Å². The molecule has 0 radical (unpaired) electrons. The van der Waals surface area contributed by atoms with Gasteiger partial charge in [0.2, 0.25) is 0 Å². The molecule has 0 aliphatic heterocycles. The van der Waals surface area contributed by atoms with Gasteiger partial charge in [0.05, 0.1) is 39.0 Å². The summed E-state index contributed by atoms with van der Waals surface area (Å²) in [6.45, 7) is 0. The van der Waals surface area contributed by atoms with Crippen LogP contribution in [0.5, 0.6) is 17.2 Å². The number of ether oxygens (including phenoxy) is 3. The molecule has 24 heavy (non-hydrogen) atoms. The van der Waals surface area contributed by atoms with Crippen molar-refractivity contribution in [3.8, 4) is 39.8 Å². The quantitative estimate of drug-likeness (QED) is 0.716. The van der Waals surface area contributed by atoms with Crippen LogP contribution in [0.25, 0.3) is 22.5 Å². The Morgan fingerprint density at radius 3 is 2.08 bits per heavy atom. The van der Waals surface area contributed by atoms with Gasteiger partial charge in [-0.05, 0) is 42.5 Å². The van der Waals surface area contributed by atoms with Crippen LogP contribution in [0.2, 0.25) is 0 Å². The monoisotopic (exact) mass is 324 g/mol. The molecule has 0 aliphatic rings. The number of rotatable bonds is 5. The van der Waals surface area contributed by atoms with E-state index in [1.165, 1.54) is 0 Å². The van der Waals surface area contributed by atoms with Crippen LogP contribution in [0.1, 0.15) is 0 Å². The van der Waals surface area contributed by atoms with Crippen molar-refractivity contribution in [2.45, 2.75) is 0 Å². The highest BCUT2D eigenvalue weighted by Crippen LogP contribution is 2.36. The largest absolute Gasteiger partial charge is 0.497 e. The van der Waals surface area contributed by atoms with Gasteiger partial charge in [0.25, 0.3) is 0 Å². The van der Waals surface area contributed by atoms with E-state index in [0.29, 0.717) is 11.5 Å². The van der Waals surface area contributed by atoms with Gasteiger partial charge >= 0.3 is 0 Å². The van der Waals surface area contributed by atoms with Crippen LogP contribution in [0.15, 0.2) is 48.8 Å². The zero-order chi connectivity index (χ0) is 17.1. The van der Waals surface area contributed by atoms with Crippen molar-refractivity contribution in [1.29, 1.82) is 0 Å². The third-order valence-electron chi connectivity index (χ3n) is 3.96. The maximum absolute atomic E-state index is 5.42. The van der Waals surface area contributed by atoms with E-state index in [2.05, 4.69) is 4.98 Å². The van der Waals surface area contributed by atoms with E-state index in [4.69, 9.17) is 14.2 Å². The lowest BCUT2D eigenvalue weighted by atomic mass is 10.0. The highest BCUT2D eigenvalue weighted by atomic mass is 16.5. The molecule has 3 rings (SSSR count). The molecule has 5 nitrogen and oxygen atoms in total. The first-order valence-corrected chi connectivity index (χ1v) is 7.56.